The lowest BCUT2D eigenvalue weighted by Gasteiger charge is -2.23. The summed E-state index contributed by atoms with van der Waals surface area (Å²) >= 11 is 0. The van der Waals surface area contributed by atoms with Crippen LogP contribution in [0.1, 0.15) is 45.7 Å². The molecule has 0 radical (unpaired) electrons. The van der Waals surface area contributed by atoms with Crippen LogP contribution in [0, 0.1) is 12.8 Å². The van der Waals surface area contributed by atoms with Crippen LogP contribution in [0.3, 0.4) is 0 Å². The van der Waals surface area contributed by atoms with Gasteiger partial charge in [0.25, 0.3) is 5.91 Å². The van der Waals surface area contributed by atoms with Gasteiger partial charge in [-0.15, -0.1) is 0 Å². The fourth-order valence-electron chi connectivity index (χ4n) is 2.54. The van der Waals surface area contributed by atoms with Gasteiger partial charge in [0.15, 0.2) is 0 Å². The van der Waals surface area contributed by atoms with Gasteiger partial charge in [0, 0.05) is 18.4 Å². The number of rotatable bonds is 6. The Hall–Kier alpha value is -2.69. The second-order valence-electron chi connectivity index (χ2n) is 6.18. The molecule has 2 aromatic rings. The van der Waals surface area contributed by atoms with E-state index >= 15 is 0 Å². The van der Waals surface area contributed by atoms with Gasteiger partial charge in [0.1, 0.15) is 0 Å². The Balaban J connectivity index is 2.20. The van der Waals surface area contributed by atoms with Crippen molar-refractivity contribution >= 4 is 11.9 Å². The molecule has 0 aliphatic heterocycles. The van der Waals surface area contributed by atoms with Crippen LogP contribution in [-0.4, -0.2) is 28.0 Å². The zero-order chi connectivity index (χ0) is 17.7. The maximum Gasteiger partial charge on any atom is 0.337 e. The van der Waals surface area contributed by atoms with Crippen molar-refractivity contribution in [2.24, 2.45) is 5.92 Å². The molecule has 1 atom stereocenters. The summed E-state index contributed by atoms with van der Waals surface area (Å²) in [5, 5.41) is 12.2. The molecule has 2 N–H and O–H groups in total. The van der Waals surface area contributed by atoms with Crippen molar-refractivity contribution in [1.82, 2.24) is 10.3 Å². The fraction of sp³-hybridized carbons (Fsp3) is 0.316. The van der Waals surface area contributed by atoms with E-state index in [0.717, 1.165) is 12.0 Å². The summed E-state index contributed by atoms with van der Waals surface area (Å²) in [6.45, 7) is 5.72. The molecular weight excluding hydrogens is 304 g/mol. The molecule has 2 rings (SSSR count). The molecule has 0 bridgehead atoms. The Labute approximate surface area is 141 Å². The van der Waals surface area contributed by atoms with Gasteiger partial charge in [0.05, 0.1) is 11.1 Å². The van der Waals surface area contributed by atoms with Gasteiger partial charge >= 0.3 is 5.97 Å². The van der Waals surface area contributed by atoms with Crippen LogP contribution in [-0.2, 0) is 6.42 Å². The van der Waals surface area contributed by atoms with Crippen molar-refractivity contribution in [3.05, 3.63) is 65.0 Å². The minimum Gasteiger partial charge on any atom is -0.478 e. The second kappa shape index (κ2) is 7.73. The third-order valence-electron chi connectivity index (χ3n) is 4.11. The number of hydrogen-bond donors (Lipinski definition) is 2. The smallest absolute Gasteiger partial charge is 0.337 e. The van der Waals surface area contributed by atoms with Crippen LogP contribution in [0.25, 0.3) is 0 Å². The number of carbonyl (C=O) groups excluding carboxylic acids is 1. The molecule has 126 valence electrons. The molecule has 0 fully saturated rings. The Morgan fingerprint density at radius 1 is 1.12 bits per heavy atom. The summed E-state index contributed by atoms with van der Waals surface area (Å²) in [4.78, 5) is 27.7. The lowest BCUT2D eigenvalue weighted by atomic mass is 9.95. The highest BCUT2D eigenvalue weighted by atomic mass is 16.4. The zero-order valence-electron chi connectivity index (χ0n) is 14.1. The summed E-state index contributed by atoms with van der Waals surface area (Å²) in [5.74, 6) is -1.14. The molecule has 24 heavy (non-hydrogen) atoms. The number of hydrogen-bond acceptors (Lipinski definition) is 3. The molecule has 1 amide bonds. The lowest BCUT2D eigenvalue weighted by Crippen LogP contribution is -2.40. The predicted octanol–water partition coefficient (Wildman–Crippen LogP) is 3.09. The molecule has 0 saturated heterocycles. The number of aromatic carboxylic acids is 1. The van der Waals surface area contributed by atoms with Gasteiger partial charge in [-0.05, 0) is 30.4 Å². The molecule has 1 aromatic carbocycles. The predicted molar refractivity (Wildman–Crippen MR) is 92.2 cm³/mol. The van der Waals surface area contributed by atoms with E-state index in [4.69, 9.17) is 5.11 Å². The first-order valence-corrected chi connectivity index (χ1v) is 7.92. The van der Waals surface area contributed by atoms with Crippen molar-refractivity contribution in [1.29, 1.82) is 0 Å². The van der Waals surface area contributed by atoms with Crippen molar-refractivity contribution < 1.29 is 14.7 Å². The number of nitrogens with zero attached hydrogens (tertiary/aromatic N) is 1. The van der Waals surface area contributed by atoms with E-state index in [-0.39, 0.29) is 23.4 Å². The number of aromatic nitrogens is 1. The Morgan fingerprint density at radius 2 is 1.75 bits per heavy atom. The highest BCUT2D eigenvalue weighted by Crippen LogP contribution is 2.15. The Bertz CT molecular complexity index is 727. The summed E-state index contributed by atoms with van der Waals surface area (Å²) < 4.78 is 0. The Kier molecular flexibility index (Phi) is 5.68. The van der Waals surface area contributed by atoms with Crippen molar-refractivity contribution in [2.45, 2.75) is 33.2 Å². The lowest BCUT2D eigenvalue weighted by molar-refractivity contribution is 0.0695. The SMILES string of the molecule is Cc1c(C(=O)O)cncc1C(=O)NC(Cc1ccccc1)C(C)C. The standard InChI is InChI=1S/C19H22N2O3/c1-12(2)17(9-14-7-5-4-6-8-14)21-18(22)15-10-20-11-16(13(15)3)19(23)24/h4-8,10-12,17H,9H2,1-3H3,(H,21,22)(H,23,24). The third kappa shape index (κ3) is 4.19. The highest BCUT2D eigenvalue weighted by Gasteiger charge is 2.21. The van der Waals surface area contributed by atoms with Gasteiger partial charge in [-0.2, -0.15) is 0 Å². The van der Waals surface area contributed by atoms with E-state index in [1.807, 2.05) is 44.2 Å². The van der Waals surface area contributed by atoms with E-state index in [0.29, 0.717) is 11.1 Å². The molecule has 0 aliphatic rings. The number of carboxylic acid groups (broad SMARTS) is 1. The van der Waals surface area contributed by atoms with Crippen LogP contribution >= 0.6 is 0 Å². The minimum absolute atomic E-state index is 0.0480. The third-order valence-corrected chi connectivity index (χ3v) is 4.11. The number of carbonyl (C=O) groups is 2. The number of benzene rings is 1. The minimum atomic E-state index is -1.08. The quantitative estimate of drug-likeness (QED) is 0.855. The van der Waals surface area contributed by atoms with Gasteiger partial charge in [-0.25, -0.2) is 4.79 Å². The van der Waals surface area contributed by atoms with Gasteiger partial charge < -0.3 is 10.4 Å². The van der Waals surface area contributed by atoms with E-state index in [2.05, 4.69) is 10.3 Å². The monoisotopic (exact) mass is 326 g/mol. The van der Waals surface area contributed by atoms with Gasteiger partial charge in [-0.1, -0.05) is 44.2 Å². The molecular formula is C19H22N2O3. The number of pyridine rings is 1. The first kappa shape index (κ1) is 17.7. The molecule has 0 aliphatic carbocycles. The molecule has 0 saturated carbocycles. The van der Waals surface area contributed by atoms with Crippen LogP contribution in [0.5, 0.6) is 0 Å². The second-order valence-corrected chi connectivity index (χ2v) is 6.18. The van der Waals surface area contributed by atoms with Crippen LogP contribution < -0.4 is 5.32 Å². The summed E-state index contributed by atoms with van der Waals surface area (Å²) in [5.41, 5.74) is 1.92. The van der Waals surface area contributed by atoms with Crippen molar-refractivity contribution in [3.63, 3.8) is 0 Å². The normalized spacial score (nSPS) is 12.0. The zero-order valence-corrected chi connectivity index (χ0v) is 14.1. The summed E-state index contributed by atoms with van der Waals surface area (Å²) in [7, 11) is 0. The van der Waals surface area contributed by atoms with Gasteiger partial charge in [0.2, 0.25) is 0 Å². The van der Waals surface area contributed by atoms with Crippen molar-refractivity contribution in [3.8, 4) is 0 Å². The van der Waals surface area contributed by atoms with E-state index < -0.39 is 5.97 Å². The van der Waals surface area contributed by atoms with Crippen LogP contribution in [0.4, 0.5) is 0 Å². The largest absolute Gasteiger partial charge is 0.478 e. The van der Waals surface area contributed by atoms with Crippen LogP contribution in [0.15, 0.2) is 42.7 Å². The average molecular weight is 326 g/mol. The number of carboxylic acids is 1. The topological polar surface area (TPSA) is 79.3 Å². The summed E-state index contributed by atoms with van der Waals surface area (Å²) in [6.07, 6.45) is 3.39. The van der Waals surface area contributed by atoms with E-state index in [1.54, 1.807) is 6.92 Å². The molecule has 5 heteroatoms. The van der Waals surface area contributed by atoms with Gasteiger partial charge in [-0.3, -0.25) is 9.78 Å². The molecule has 1 aromatic heterocycles. The Morgan fingerprint density at radius 3 is 2.33 bits per heavy atom. The molecule has 1 heterocycles. The first-order valence-electron chi connectivity index (χ1n) is 7.92. The maximum absolute atomic E-state index is 12.6. The average Bonchev–Trinajstić information content (AvgIpc) is 2.54. The molecule has 1 unspecified atom stereocenters. The fourth-order valence-corrected chi connectivity index (χ4v) is 2.54. The molecule has 5 nitrogen and oxygen atoms in total. The first-order chi connectivity index (χ1) is 11.4. The number of nitrogens with one attached hydrogen (secondary N) is 1. The van der Waals surface area contributed by atoms with E-state index in [9.17, 15) is 9.59 Å². The highest BCUT2D eigenvalue weighted by molar-refractivity contribution is 5.99. The van der Waals surface area contributed by atoms with Crippen LogP contribution in [0.2, 0.25) is 0 Å². The maximum atomic E-state index is 12.6. The van der Waals surface area contributed by atoms with Crippen molar-refractivity contribution in [2.75, 3.05) is 0 Å². The van der Waals surface area contributed by atoms with E-state index in [1.165, 1.54) is 12.4 Å². The molecule has 0 spiro atoms. The number of amides is 1. The summed E-state index contributed by atoms with van der Waals surface area (Å²) in [6, 6.07) is 9.91.